The average Bonchev–Trinajstić information content (AvgIpc) is 2.60. The Hall–Kier alpha value is -2.09. The van der Waals surface area contributed by atoms with Gasteiger partial charge in [0.25, 0.3) is 0 Å². The summed E-state index contributed by atoms with van der Waals surface area (Å²) >= 11 is 0. The molecule has 1 N–H and O–H groups in total. The summed E-state index contributed by atoms with van der Waals surface area (Å²) in [5.74, 6) is -0.674. The Kier molecular flexibility index (Phi) is 7.05. The molecule has 0 atom stereocenters. The molecule has 0 aliphatic heterocycles. The van der Waals surface area contributed by atoms with Gasteiger partial charge in [0.15, 0.2) is 0 Å². The first-order chi connectivity index (χ1) is 11.7. The molecular formula is C22H28O2. The van der Waals surface area contributed by atoms with E-state index in [2.05, 4.69) is 6.92 Å². The van der Waals surface area contributed by atoms with Crippen molar-refractivity contribution in [1.82, 2.24) is 0 Å². The summed E-state index contributed by atoms with van der Waals surface area (Å²) in [6.45, 7) is 2.18. The minimum atomic E-state index is -0.726. The molecule has 0 heterocycles. The maximum atomic E-state index is 12.3. The molecule has 0 fully saturated rings. The fourth-order valence-electron chi connectivity index (χ4n) is 3.36. The van der Waals surface area contributed by atoms with E-state index < -0.39 is 11.4 Å². The van der Waals surface area contributed by atoms with Gasteiger partial charge in [-0.25, -0.2) is 0 Å². The van der Waals surface area contributed by atoms with Crippen LogP contribution in [-0.4, -0.2) is 11.1 Å². The van der Waals surface area contributed by atoms with Gasteiger partial charge >= 0.3 is 5.97 Å². The van der Waals surface area contributed by atoms with Crippen molar-refractivity contribution in [3.8, 4) is 0 Å². The molecule has 0 amide bonds. The van der Waals surface area contributed by atoms with E-state index >= 15 is 0 Å². The van der Waals surface area contributed by atoms with Crippen LogP contribution in [-0.2, 0) is 17.6 Å². The van der Waals surface area contributed by atoms with Crippen molar-refractivity contribution in [3.05, 3.63) is 71.8 Å². The summed E-state index contributed by atoms with van der Waals surface area (Å²) < 4.78 is 0. The second-order valence-corrected chi connectivity index (χ2v) is 6.72. The summed E-state index contributed by atoms with van der Waals surface area (Å²) in [6, 6.07) is 20.0. The van der Waals surface area contributed by atoms with Gasteiger partial charge in [0, 0.05) is 0 Å². The molecule has 2 heteroatoms. The van der Waals surface area contributed by atoms with Crippen LogP contribution in [0.4, 0.5) is 0 Å². The summed E-state index contributed by atoms with van der Waals surface area (Å²) in [4.78, 5) is 12.3. The lowest BCUT2D eigenvalue weighted by molar-refractivity contribution is -0.149. The van der Waals surface area contributed by atoms with Crippen LogP contribution in [0.5, 0.6) is 0 Å². The van der Waals surface area contributed by atoms with Crippen molar-refractivity contribution in [2.24, 2.45) is 5.41 Å². The number of carboxylic acid groups (broad SMARTS) is 1. The summed E-state index contributed by atoms with van der Waals surface area (Å²) in [7, 11) is 0. The first-order valence-electron chi connectivity index (χ1n) is 8.97. The molecule has 0 radical (unpaired) electrons. The molecular weight excluding hydrogens is 296 g/mol. The Bertz CT molecular complexity index is 563. The minimum absolute atomic E-state index is 0.587. The summed E-state index contributed by atoms with van der Waals surface area (Å²) in [6.07, 6.45) is 6.32. The zero-order valence-corrected chi connectivity index (χ0v) is 14.6. The SMILES string of the molecule is CCCCCCC(Cc1ccccc1)(Cc1ccccc1)C(=O)O. The second-order valence-electron chi connectivity index (χ2n) is 6.72. The van der Waals surface area contributed by atoms with Crippen LogP contribution in [0, 0.1) is 5.41 Å². The van der Waals surface area contributed by atoms with E-state index in [0.29, 0.717) is 12.8 Å². The van der Waals surface area contributed by atoms with Gasteiger partial charge < -0.3 is 5.11 Å². The largest absolute Gasteiger partial charge is 0.481 e. The molecule has 0 saturated carbocycles. The maximum Gasteiger partial charge on any atom is 0.310 e. The van der Waals surface area contributed by atoms with Crippen molar-refractivity contribution in [3.63, 3.8) is 0 Å². The third-order valence-electron chi connectivity index (χ3n) is 4.73. The Morgan fingerprint density at radius 3 is 1.75 bits per heavy atom. The number of rotatable bonds is 10. The molecule has 0 aliphatic rings. The van der Waals surface area contributed by atoms with Crippen molar-refractivity contribution >= 4 is 5.97 Å². The average molecular weight is 324 g/mol. The number of carboxylic acids is 1. The molecule has 0 saturated heterocycles. The van der Waals surface area contributed by atoms with Crippen LogP contribution in [0.2, 0.25) is 0 Å². The molecule has 2 aromatic carbocycles. The fraction of sp³-hybridized carbons (Fsp3) is 0.409. The topological polar surface area (TPSA) is 37.3 Å². The molecule has 0 aliphatic carbocycles. The van der Waals surface area contributed by atoms with Crippen LogP contribution in [0.15, 0.2) is 60.7 Å². The van der Waals surface area contributed by atoms with Crippen molar-refractivity contribution in [2.75, 3.05) is 0 Å². The van der Waals surface area contributed by atoms with Crippen molar-refractivity contribution in [1.29, 1.82) is 0 Å². The molecule has 2 nitrogen and oxygen atoms in total. The molecule has 0 aromatic heterocycles. The van der Waals surface area contributed by atoms with Gasteiger partial charge in [-0.2, -0.15) is 0 Å². The van der Waals surface area contributed by atoms with Gasteiger partial charge in [-0.3, -0.25) is 4.79 Å². The van der Waals surface area contributed by atoms with Gasteiger partial charge in [-0.05, 0) is 30.4 Å². The Morgan fingerprint density at radius 2 is 1.33 bits per heavy atom. The lowest BCUT2D eigenvalue weighted by atomic mass is 9.73. The third-order valence-corrected chi connectivity index (χ3v) is 4.73. The number of benzene rings is 2. The van der Waals surface area contributed by atoms with Crippen molar-refractivity contribution in [2.45, 2.75) is 51.9 Å². The molecule has 0 bridgehead atoms. The molecule has 128 valence electrons. The van der Waals surface area contributed by atoms with Crippen LogP contribution in [0.25, 0.3) is 0 Å². The van der Waals surface area contributed by atoms with Gasteiger partial charge in [-0.1, -0.05) is 93.3 Å². The summed E-state index contributed by atoms with van der Waals surface area (Å²) in [5.41, 5.74) is 1.48. The van der Waals surface area contributed by atoms with Gasteiger partial charge in [0.05, 0.1) is 5.41 Å². The smallest absolute Gasteiger partial charge is 0.310 e. The standard InChI is InChI=1S/C22H28O2/c1-2-3-4-11-16-22(21(23)24,17-19-12-7-5-8-13-19)18-20-14-9-6-10-15-20/h5-10,12-15H,2-4,11,16-18H2,1H3,(H,23,24). The monoisotopic (exact) mass is 324 g/mol. The van der Waals surface area contributed by atoms with Crippen molar-refractivity contribution < 1.29 is 9.90 Å². The predicted octanol–water partition coefficient (Wildman–Crippen LogP) is 5.51. The van der Waals surface area contributed by atoms with E-state index in [0.717, 1.165) is 36.8 Å². The number of aliphatic carboxylic acids is 1. The molecule has 2 aromatic rings. The van der Waals surface area contributed by atoms with E-state index in [-0.39, 0.29) is 0 Å². The number of carbonyl (C=O) groups is 1. The number of hydrogen-bond acceptors (Lipinski definition) is 1. The van der Waals surface area contributed by atoms with E-state index in [1.165, 1.54) is 6.42 Å². The zero-order chi connectivity index (χ0) is 17.3. The molecule has 0 unspecified atom stereocenters. The molecule has 0 spiro atoms. The van der Waals surface area contributed by atoms with E-state index in [1.807, 2.05) is 60.7 Å². The Labute approximate surface area is 145 Å². The quantitative estimate of drug-likeness (QED) is 0.585. The van der Waals surface area contributed by atoms with Crippen LogP contribution in [0.1, 0.15) is 50.2 Å². The predicted molar refractivity (Wildman–Crippen MR) is 99.1 cm³/mol. The normalized spacial score (nSPS) is 11.4. The minimum Gasteiger partial charge on any atom is -0.481 e. The van der Waals surface area contributed by atoms with E-state index in [9.17, 15) is 9.90 Å². The second kappa shape index (κ2) is 9.27. The highest BCUT2D eigenvalue weighted by Crippen LogP contribution is 2.34. The molecule has 2 rings (SSSR count). The lowest BCUT2D eigenvalue weighted by Crippen LogP contribution is -2.36. The van der Waals surface area contributed by atoms with Gasteiger partial charge in [-0.15, -0.1) is 0 Å². The van der Waals surface area contributed by atoms with Crippen LogP contribution < -0.4 is 0 Å². The van der Waals surface area contributed by atoms with Gasteiger partial charge in [0.1, 0.15) is 0 Å². The highest BCUT2D eigenvalue weighted by molar-refractivity contribution is 5.75. The van der Waals surface area contributed by atoms with E-state index in [4.69, 9.17) is 0 Å². The Balaban J connectivity index is 2.23. The molecule has 24 heavy (non-hydrogen) atoms. The van der Waals surface area contributed by atoms with Gasteiger partial charge in [0.2, 0.25) is 0 Å². The van der Waals surface area contributed by atoms with E-state index in [1.54, 1.807) is 0 Å². The number of unbranched alkanes of at least 4 members (excludes halogenated alkanes) is 3. The number of hydrogen-bond donors (Lipinski definition) is 1. The first kappa shape index (κ1) is 18.3. The zero-order valence-electron chi connectivity index (χ0n) is 14.6. The van der Waals surface area contributed by atoms with Crippen LogP contribution >= 0.6 is 0 Å². The highest BCUT2D eigenvalue weighted by atomic mass is 16.4. The third kappa shape index (κ3) is 5.23. The maximum absolute atomic E-state index is 12.3. The highest BCUT2D eigenvalue weighted by Gasteiger charge is 2.38. The lowest BCUT2D eigenvalue weighted by Gasteiger charge is -2.30. The van der Waals surface area contributed by atoms with Crippen LogP contribution in [0.3, 0.4) is 0 Å². The first-order valence-corrected chi connectivity index (χ1v) is 8.97. The Morgan fingerprint density at radius 1 is 0.833 bits per heavy atom. The summed E-state index contributed by atoms with van der Waals surface area (Å²) in [5, 5.41) is 10.1. The fourth-order valence-corrected chi connectivity index (χ4v) is 3.36.